The van der Waals surface area contributed by atoms with Gasteiger partial charge in [0.05, 0.1) is 0 Å². The highest BCUT2D eigenvalue weighted by atomic mass is 79.9. The van der Waals surface area contributed by atoms with Gasteiger partial charge in [0.25, 0.3) is 0 Å². The van der Waals surface area contributed by atoms with Crippen molar-refractivity contribution in [3.63, 3.8) is 0 Å². The number of hydrogen-bond acceptors (Lipinski definition) is 2. The summed E-state index contributed by atoms with van der Waals surface area (Å²) in [6.07, 6.45) is 0. The summed E-state index contributed by atoms with van der Waals surface area (Å²) in [7, 11) is 0. The van der Waals surface area contributed by atoms with Crippen molar-refractivity contribution < 1.29 is 4.39 Å². The molecule has 1 aromatic carbocycles. The normalized spacial score (nSPS) is 16.5. The largest absolute Gasteiger partial charge is 0.314 e. The average Bonchev–Trinajstić information content (AvgIpc) is 2.19. The Morgan fingerprint density at radius 3 is 2.81 bits per heavy atom. The van der Waals surface area contributed by atoms with Gasteiger partial charge in [0.2, 0.25) is 0 Å². The zero-order chi connectivity index (χ0) is 11.5. The molecule has 16 heavy (non-hydrogen) atoms. The number of nitrogens with one attached hydrogen (secondary N) is 1. The fraction of sp³-hybridized carbons (Fsp3) is 0.500. The quantitative estimate of drug-likeness (QED) is 0.914. The van der Waals surface area contributed by atoms with Crippen LogP contribution in [-0.2, 0) is 6.54 Å². The summed E-state index contributed by atoms with van der Waals surface area (Å²) >= 11 is 3.47. The number of benzene rings is 1. The summed E-state index contributed by atoms with van der Waals surface area (Å²) in [5, 5.41) is 3.26. The topological polar surface area (TPSA) is 15.3 Å². The van der Waals surface area contributed by atoms with Gasteiger partial charge in [-0.15, -0.1) is 0 Å². The third-order valence-electron chi connectivity index (χ3n) is 3.06. The summed E-state index contributed by atoms with van der Waals surface area (Å²) < 4.78 is 14.1. The molecule has 2 rings (SSSR count). The first-order valence-corrected chi connectivity index (χ1v) is 6.38. The van der Waals surface area contributed by atoms with Crippen LogP contribution in [0.4, 0.5) is 4.39 Å². The van der Waals surface area contributed by atoms with Crippen molar-refractivity contribution in [1.82, 2.24) is 10.2 Å². The Morgan fingerprint density at radius 1 is 1.50 bits per heavy atom. The van der Waals surface area contributed by atoms with Gasteiger partial charge in [-0.25, -0.2) is 4.39 Å². The number of hydrogen-bond donors (Lipinski definition) is 1. The lowest BCUT2D eigenvalue weighted by Gasteiger charge is -2.37. The number of rotatable bonds is 4. The van der Waals surface area contributed by atoms with E-state index in [-0.39, 0.29) is 5.82 Å². The third kappa shape index (κ3) is 2.62. The average molecular weight is 287 g/mol. The molecule has 0 unspecified atom stereocenters. The van der Waals surface area contributed by atoms with Gasteiger partial charge >= 0.3 is 0 Å². The molecule has 0 radical (unpaired) electrons. The number of halogens is 2. The van der Waals surface area contributed by atoms with E-state index in [1.807, 2.05) is 0 Å². The lowest BCUT2D eigenvalue weighted by Crippen LogP contribution is -2.56. The van der Waals surface area contributed by atoms with E-state index in [1.54, 1.807) is 12.1 Å². The van der Waals surface area contributed by atoms with Gasteiger partial charge in [-0.3, -0.25) is 4.90 Å². The zero-order valence-electron chi connectivity index (χ0n) is 9.34. The third-order valence-corrected chi connectivity index (χ3v) is 3.84. The molecule has 2 nitrogen and oxygen atoms in total. The van der Waals surface area contributed by atoms with Crippen LogP contribution in [0.15, 0.2) is 22.7 Å². The summed E-state index contributed by atoms with van der Waals surface area (Å²) in [6, 6.07) is 5.46. The lowest BCUT2D eigenvalue weighted by molar-refractivity contribution is 0.145. The Kier molecular flexibility index (Phi) is 3.95. The van der Waals surface area contributed by atoms with Crippen LogP contribution < -0.4 is 5.32 Å². The second-order valence-electron chi connectivity index (χ2n) is 4.11. The summed E-state index contributed by atoms with van der Waals surface area (Å²) in [5.41, 5.74) is 1.02. The maximum atomic E-state index is 13.1. The van der Waals surface area contributed by atoms with Crippen LogP contribution in [0.25, 0.3) is 0 Å². The van der Waals surface area contributed by atoms with Crippen molar-refractivity contribution in [2.45, 2.75) is 19.5 Å². The Morgan fingerprint density at radius 2 is 2.25 bits per heavy atom. The maximum Gasteiger partial charge on any atom is 0.123 e. The van der Waals surface area contributed by atoms with Crippen LogP contribution in [-0.4, -0.2) is 30.6 Å². The van der Waals surface area contributed by atoms with Gasteiger partial charge < -0.3 is 5.32 Å². The standard InChI is InChI=1S/C12H16BrFN2/c1-2-16(11-6-15-7-11)8-9-5-10(14)3-4-12(9)13/h3-5,11,15H,2,6-8H2,1H3. The molecule has 4 heteroatoms. The molecule has 0 atom stereocenters. The molecule has 1 aliphatic rings. The molecular weight excluding hydrogens is 271 g/mol. The molecule has 0 aromatic heterocycles. The molecule has 0 amide bonds. The van der Waals surface area contributed by atoms with Crippen LogP contribution >= 0.6 is 15.9 Å². The Bertz CT molecular complexity index is 366. The minimum atomic E-state index is -0.166. The molecule has 1 aromatic rings. The van der Waals surface area contributed by atoms with E-state index in [1.165, 1.54) is 6.07 Å². The first-order chi connectivity index (χ1) is 7.70. The molecule has 1 aliphatic heterocycles. The molecule has 1 saturated heterocycles. The van der Waals surface area contributed by atoms with Crippen molar-refractivity contribution >= 4 is 15.9 Å². The van der Waals surface area contributed by atoms with Crippen molar-refractivity contribution in [3.8, 4) is 0 Å². The van der Waals surface area contributed by atoms with Gasteiger partial charge in [0.1, 0.15) is 5.82 Å². The van der Waals surface area contributed by atoms with Crippen molar-refractivity contribution in [2.75, 3.05) is 19.6 Å². The summed E-state index contributed by atoms with van der Waals surface area (Å²) in [5.74, 6) is -0.166. The van der Waals surface area contributed by atoms with Crippen LogP contribution in [0.3, 0.4) is 0 Å². The molecule has 1 N–H and O–H groups in total. The van der Waals surface area contributed by atoms with Crippen LogP contribution in [0.2, 0.25) is 0 Å². The fourth-order valence-electron chi connectivity index (χ4n) is 1.91. The molecule has 88 valence electrons. The smallest absolute Gasteiger partial charge is 0.123 e. The van der Waals surface area contributed by atoms with E-state index in [0.717, 1.165) is 36.2 Å². The van der Waals surface area contributed by atoms with E-state index in [9.17, 15) is 4.39 Å². The van der Waals surface area contributed by atoms with E-state index >= 15 is 0 Å². The minimum absolute atomic E-state index is 0.166. The molecule has 1 heterocycles. The fourth-order valence-corrected chi connectivity index (χ4v) is 2.29. The SMILES string of the molecule is CCN(Cc1cc(F)ccc1Br)C1CNC1. The van der Waals surface area contributed by atoms with E-state index in [2.05, 4.69) is 33.1 Å². The molecule has 0 aliphatic carbocycles. The van der Waals surface area contributed by atoms with Crippen molar-refractivity contribution in [1.29, 1.82) is 0 Å². The van der Waals surface area contributed by atoms with E-state index in [0.29, 0.717) is 6.04 Å². The molecule has 0 spiro atoms. The summed E-state index contributed by atoms with van der Waals surface area (Å²) in [4.78, 5) is 2.37. The molecule has 0 saturated carbocycles. The number of nitrogens with zero attached hydrogens (tertiary/aromatic N) is 1. The first-order valence-electron chi connectivity index (χ1n) is 5.59. The predicted molar refractivity (Wildman–Crippen MR) is 66.8 cm³/mol. The highest BCUT2D eigenvalue weighted by Gasteiger charge is 2.23. The van der Waals surface area contributed by atoms with Crippen LogP contribution in [0, 0.1) is 5.82 Å². The van der Waals surface area contributed by atoms with Crippen molar-refractivity contribution in [3.05, 3.63) is 34.1 Å². The second-order valence-corrected chi connectivity index (χ2v) is 4.97. The van der Waals surface area contributed by atoms with Gasteiger partial charge in [0, 0.05) is 30.1 Å². The first kappa shape index (κ1) is 12.0. The van der Waals surface area contributed by atoms with E-state index in [4.69, 9.17) is 0 Å². The minimum Gasteiger partial charge on any atom is -0.314 e. The lowest BCUT2D eigenvalue weighted by atomic mass is 10.1. The monoisotopic (exact) mass is 286 g/mol. The number of likely N-dealkylation sites (N-methyl/N-ethyl adjacent to an activating group) is 1. The predicted octanol–water partition coefficient (Wildman–Crippen LogP) is 2.38. The van der Waals surface area contributed by atoms with Gasteiger partial charge in [0.15, 0.2) is 0 Å². The summed E-state index contributed by atoms with van der Waals surface area (Å²) in [6.45, 7) is 6.03. The highest BCUT2D eigenvalue weighted by Crippen LogP contribution is 2.21. The van der Waals surface area contributed by atoms with Gasteiger partial charge in [-0.1, -0.05) is 22.9 Å². The molecule has 1 fully saturated rings. The van der Waals surface area contributed by atoms with Gasteiger partial charge in [-0.05, 0) is 30.3 Å². The second kappa shape index (κ2) is 5.25. The van der Waals surface area contributed by atoms with Gasteiger partial charge in [-0.2, -0.15) is 0 Å². The highest BCUT2D eigenvalue weighted by molar-refractivity contribution is 9.10. The Labute approximate surface area is 104 Å². The van der Waals surface area contributed by atoms with Crippen LogP contribution in [0.5, 0.6) is 0 Å². The Hall–Kier alpha value is -0.450. The van der Waals surface area contributed by atoms with Crippen LogP contribution in [0.1, 0.15) is 12.5 Å². The molecular formula is C12H16BrFN2. The zero-order valence-corrected chi connectivity index (χ0v) is 10.9. The van der Waals surface area contributed by atoms with E-state index < -0.39 is 0 Å². The Balaban J connectivity index is 2.08. The maximum absolute atomic E-state index is 13.1. The molecule has 0 bridgehead atoms. The van der Waals surface area contributed by atoms with Crippen molar-refractivity contribution in [2.24, 2.45) is 0 Å².